The van der Waals surface area contributed by atoms with Gasteiger partial charge >= 0.3 is 0 Å². The summed E-state index contributed by atoms with van der Waals surface area (Å²) in [5.74, 6) is -0.320. The van der Waals surface area contributed by atoms with Crippen molar-refractivity contribution in [3.05, 3.63) is 48.3 Å². The number of hydrogen-bond acceptors (Lipinski definition) is 3. The Morgan fingerprint density at radius 1 is 1.52 bits per heavy atom. The van der Waals surface area contributed by atoms with Crippen LogP contribution in [0.25, 0.3) is 0 Å². The maximum absolute atomic E-state index is 13.7. The lowest BCUT2D eigenvalue weighted by Crippen LogP contribution is -2.45. The van der Waals surface area contributed by atoms with Crippen LogP contribution in [-0.2, 0) is 16.1 Å². The monoisotopic (exact) mass is 292 g/mol. The highest BCUT2D eigenvalue weighted by atomic mass is 19.1. The fraction of sp³-hybridized carbons (Fsp3) is 0.438. The zero-order chi connectivity index (χ0) is 15.1. The third kappa shape index (κ3) is 4.65. The van der Waals surface area contributed by atoms with Crippen LogP contribution in [-0.4, -0.2) is 43.2 Å². The zero-order valence-corrected chi connectivity index (χ0v) is 12.1. The molecule has 0 radical (unpaired) electrons. The number of benzene rings is 1. The Hall–Kier alpha value is -1.72. The standard InChI is InChI=1S/C16H21FN2O2/c1-2-8-19(11-13-5-3-4-6-15(13)17)16(20)10-14-12-21-9-7-18-14/h2-6,14,18H,1,7-12H2. The van der Waals surface area contributed by atoms with Crippen LogP contribution in [0.3, 0.4) is 0 Å². The molecule has 1 saturated heterocycles. The number of rotatable bonds is 6. The Bertz CT molecular complexity index is 487. The van der Waals surface area contributed by atoms with E-state index in [9.17, 15) is 9.18 Å². The molecule has 1 amide bonds. The number of carbonyl (C=O) groups excluding carboxylic acids is 1. The highest BCUT2D eigenvalue weighted by Crippen LogP contribution is 2.12. The highest BCUT2D eigenvalue weighted by Gasteiger charge is 2.21. The van der Waals surface area contributed by atoms with Gasteiger partial charge in [-0.05, 0) is 6.07 Å². The number of carbonyl (C=O) groups is 1. The van der Waals surface area contributed by atoms with E-state index in [4.69, 9.17) is 4.74 Å². The van der Waals surface area contributed by atoms with Gasteiger partial charge in [0.05, 0.1) is 13.2 Å². The molecular formula is C16H21FN2O2. The van der Waals surface area contributed by atoms with Gasteiger partial charge in [-0.2, -0.15) is 0 Å². The summed E-state index contributed by atoms with van der Waals surface area (Å²) >= 11 is 0. The number of amides is 1. The molecule has 1 aliphatic rings. The van der Waals surface area contributed by atoms with E-state index in [-0.39, 0.29) is 24.3 Å². The summed E-state index contributed by atoms with van der Waals surface area (Å²) in [6, 6.07) is 6.54. The molecule has 1 aromatic carbocycles. The van der Waals surface area contributed by atoms with Gasteiger partial charge in [0.15, 0.2) is 0 Å². The van der Waals surface area contributed by atoms with Gasteiger partial charge in [0.1, 0.15) is 5.82 Å². The molecule has 0 spiro atoms. The molecule has 4 nitrogen and oxygen atoms in total. The molecule has 1 atom stereocenters. The Labute approximate surface area is 124 Å². The lowest BCUT2D eigenvalue weighted by atomic mass is 10.1. The first-order valence-corrected chi connectivity index (χ1v) is 7.14. The van der Waals surface area contributed by atoms with Crippen molar-refractivity contribution in [2.45, 2.75) is 19.0 Å². The quantitative estimate of drug-likeness (QED) is 0.812. The molecule has 0 bridgehead atoms. The second kappa shape index (κ2) is 7.90. The van der Waals surface area contributed by atoms with Crippen molar-refractivity contribution in [1.82, 2.24) is 10.2 Å². The average Bonchev–Trinajstić information content (AvgIpc) is 2.50. The van der Waals surface area contributed by atoms with Crippen LogP contribution in [0.5, 0.6) is 0 Å². The van der Waals surface area contributed by atoms with E-state index in [0.29, 0.717) is 31.7 Å². The highest BCUT2D eigenvalue weighted by molar-refractivity contribution is 5.77. The van der Waals surface area contributed by atoms with Gasteiger partial charge in [0.25, 0.3) is 0 Å². The van der Waals surface area contributed by atoms with Gasteiger partial charge in [-0.3, -0.25) is 4.79 Å². The molecule has 0 aliphatic carbocycles. The summed E-state index contributed by atoms with van der Waals surface area (Å²) in [5, 5.41) is 3.25. The molecule has 2 rings (SSSR count). The Morgan fingerprint density at radius 2 is 2.33 bits per heavy atom. The topological polar surface area (TPSA) is 41.6 Å². The third-order valence-electron chi connectivity index (χ3n) is 3.44. The molecule has 1 unspecified atom stereocenters. The first-order valence-electron chi connectivity index (χ1n) is 7.14. The van der Waals surface area contributed by atoms with E-state index in [1.54, 1.807) is 29.2 Å². The van der Waals surface area contributed by atoms with Crippen LogP contribution in [0.15, 0.2) is 36.9 Å². The lowest BCUT2D eigenvalue weighted by Gasteiger charge is -2.27. The molecule has 1 aromatic rings. The minimum absolute atomic E-state index is 0.0267. The number of halogens is 1. The van der Waals surface area contributed by atoms with Crippen LogP contribution in [0, 0.1) is 5.82 Å². The Balaban J connectivity index is 1.98. The molecule has 114 valence electrons. The number of nitrogens with zero attached hydrogens (tertiary/aromatic N) is 1. The van der Waals surface area contributed by atoms with Crippen molar-refractivity contribution in [3.8, 4) is 0 Å². The maximum atomic E-state index is 13.7. The summed E-state index contributed by atoms with van der Waals surface area (Å²) in [6.07, 6.45) is 2.01. The minimum atomic E-state index is -0.293. The van der Waals surface area contributed by atoms with E-state index >= 15 is 0 Å². The van der Waals surface area contributed by atoms with E-state index in [1.165, 1.54) is 6.07 Å². The molecule has 1 fully saturated rings. The summed E-state index contributed by atoms with van der Waals surface area (Å²) < 4.78 is 19.1. The van der Waals surface area contributed by atoms with Crippen LogP contribution < -0.4 is 5.32 Å². The normalized spacial score (nSPS) is 18.2. The summed E-state index contributed by atoms with van der Waals surface area (Å²) in [7, 11) is 0. The van der Waals surface area contributed by atoms with Gasteiger partial charge in [-0.15, -0.1) is 6.58 Å². The molecule has 21 heavy (non-hydrogen) atoms. The largest absolute Gasteiger partial charge is 0.378 e. The van der Waals surface area contributed by atoms with Gasteiger partial charge in [-0.1, -0.05) is 24.3 Å². The molecular weight excluding hydrogens is 271 g/mol. The number of hydrogen-bond donors (Lipinski definition) is 1. The summed E-state index contributed by atoms with van der Waals surface area (Å²) in [4.78, 5) is 14.0. The maximum Gasteiger partial charge on any atom is 0.224 e. The minimum Gasteiger partial charge on any atom is -0.378 e. The second-order valence-corrected chi connectivity index (χ2v) is 5.08. The van der Waals surface area contributed by atoms with Crippen LogP contribution in [0.1, 0.15) is 12.0 Å². The van der Waals surface area contributed by atoms with Crippen molar-refractivity contribution in [2.24, 2.45) is 0 Å². The van der Waals surface area contributed by atoms with Crippen molar-refractivity contribution < 1.29 is 13.9 Å². The second-order valence-electron chi connectivity index (χ2n) is 5.08. The van der Waals surface area contributed by atoms with Crippen molar-refractivity contribution in [3.63, 3.8) is 0 Å². The van der Waals surface area contributed by atoms with E-state index in [1.807, 2.05) is 0 Å². The molecule has 0 aromatic heterocycles. The first-order chi connectivity index (χ1) is 10.2. The smallest absolute Gasteiger partial charge is 0.224 e. The molecule has 1 heterocycles. The third-order valence-corrected chi connectivity index (χ3v) is 3.44. The van der Waals surface area contributed by atoms with Crippen molar-refractivity contribution >= 4 is 5.91 Å². The molecule has 5 heteroatoms. The Morgan fingerprint density at radius 3 is 3.00 bits per heavy atom. The van der Waals surface area contributed by atoms with E-state index in [0.717, 1.165) is 6.54 Å². The van der Waals surface area contributed by atoms with Gasteiger partial charge in [0, 0.05) is 37.7 Å². The predicted octanol–water partition coefficient (Wildman–Crippen LogP) is 1.72. The summed E-state index contributed by atoms with van der Waals surface area (Å²) in [6.45, 7) is 6.29. The molecule has 1 aliphatic heterocycles. The summed E-state index contributed by atoms with van der Waals surface area (Å²) in [5.41, 5.74) is 0.514. The number of nitrogens with one attached hydrogen (secondary N) is 1. The van der Waals surface area contributed by atoms with E-state index in [2.05, 4.69) is 11.9 Å². The van der Waals surface area contributed by atoms with Crippen molar-refractivity contribution in [2.75, 3.05) is 26.3 Å². The fourth-order valence-electron chi connectivity index (χ4n) is 2.33. The van der Waals surface area contributed by atoms with Crippen LogP contribution in [0.2, 0.25) is 0 Å². The SMILES string of the molecule is C=CCN(Cc1ccccc1F)C(=O)CC1COCCN1. The van der Waals surface area contributed by atoms with Gasteiger partial charge in [0.2, 0.25) is 5.91 Å². The lowest BCUT2D eigenvalue weighted by molar-refractivity contribution is -0.132. The predicted molar refractivity (Wildman–Crippen MR) is 79.2 cm³/mol. The first kappa shape index (κ1) is 15.7. The zero-order valence-electron chi connectivity index (χ0n) is 12.1. The number of ether oxygens (including phenoxy) is 1. The molecule has 1 N–H and O–H groups in total. The van der Waals surface area contributed by atoms with E-state index < -0.39 is 0 Å². The van der Waals surface area contributed by atoms with Gasteiger partial charge in [-0.25, -0.2) is 4.39 Å². The Kier molecular flexibility index (Phi) is 5.90. The van der Waals surface area contributed by atoms with Crippen LogP contribution in [0.4, 0.5) is 4.39 Å². The average molecular weight is 292 g/mol. The van der Waals surface area contributed by atoms with Crippen molar-refractivity contribution in [1.29, 1.82) is 0 Å². The van der Waals surface area contributed by atoms with Gasteiger partial charge < -0.3 is 15.0 Å². The van der Waals surface area contributed by atoms with Crippen LogP contribution >= 0.6 is 0 Å². The fourth-order valence-corrected chi connectivity index (χ4v) is 2.33. The molecule has 0 saturated carbocycles. The number of morpholine rings is 1.